The molecular formula is C15H18F2N2S. The molecule has 0 radical (unpaired) electrons. The van der Waals surface area contributed by atoms with Gasteiger partial charge in [-0.2, -0.15) is 0 Å². The lowest BCUT2D eigenvalue weighted by molar-refractivity contribution is 0.563. The van der Waals surface area contributed by atoms with Crippen LogP contribution in [0.25, 0.3) is 0 Å². The summed E-state index contributed by atoms with van der Waals surface area (Å²) in [6, 6.07) is 6.54. The number of benzene rings is 1. The average Bonchev–Trinajstić information content (AvgIpc) is 2.91. The molecule has 0 aliphatic rings. The third-order valence-electron chi connectivity index (χ3n) is 3.40. The zero-order valence-corrected chi connectivity index (χ0v) is 12.4. The first kappa shape index (κ1) is 14.9. The van der Waals surface area contributed by atoms with Crippen molar-refractivity contribution < 1.29 is 8.78 Å². The molecule has 0 aliphatic heterocycles. The first-order valence-electron chi connectivity index (χ1n) is 6.48. The number of hydrogen-bond donors (Lipinski definition) is 1. The van der Waals surface area contributed by atoms with Gasteiger partial charge in [-0.3, -0.25) is 0 Å². The van der Waals surface area contributed by atoms with E-state index in [1.54, 1.807) is 23.3 Å². The molecule has 1 heterocycles. The Morgan fingerprint density at radius 1 is 1.30 bits per heavy atom. The molecule has 0 saturated heterocycles. The van der Waals surface area contributed by atoms with Crippen molar-refractivity contribution >= 4 is 17.0 Å². The van der Waals surface area contributed by atoms with Gasteiger partial charge in [-0.05, 0) is 49.0 Å². The first-order chi connectivity index (χ1) is 9.54. The molecular weight excluding hydrogens is 278 g/mol. The highest BCUT2D eigenvalue weighted by Gasteiger charge is 2.20. The molecule has 108 valence electrons. The SMILES string of the molecule is CC(c1cccs1)N(C)c1c(F)cc(CCN)cc1F. The van der Waals surface area contributed by atoms with Crippen molar-refractivity contribution in [3.05, 3.63) is 51.7 Å². The van der Waals surface area contributed by atoms with Crippen LogP contribution in [0.3, 0.4) is 0 Å². The highest BCUT2D eigenvalue weighted by atomic mass is 32.1. The van der Waals surface area contributed by atoms with Crippen LogP contribution < -0.4 is 10.6 Å². The van der Waals surface area contributed by atoms with Gasteiger partial charge in [0, 0.05) is 11.9 Å². The van der Waals surface area contributed by atoms with E-state index in [-0.39, 0.29) is 11.7 Å². The molecule has 2 aromatic rings. The van der Waals surface area contributed by atoms with E-state index < -0.39 is 11.6 Å². The van der Waals surface area contributed by atoms with Crippen molar-refractivity contribution in [1.82, 2.24) is 0 Å². The second-order valence-electron chi connectivity index (χ2n) is 4.75. The summed E-state index contributed by atoms with van der Waals surface area (Å²) in [5.74, 6) is -1.08. The summed E-state index contributed by atoms with van der Waals surface area (Å²) < 4.78 is 28.3. The molecule has 0 saturated carbocycles. The Labute approximate surface area is 121 Å². The lowest BCUT2D eigenvalue weighted by Crippen LogP contribution is -2.23. The van der Waals surface area contributed by atoms with E-state index in [0.29, 0.717) is 18.5 Å². The Morgan fingerprint density at radius 2 is 1.95 bits per heavy atom. The van der Waals surface area contributed by atoms with Crippen LogP contribution >= 0.6 is 11.3 Å². The highest BCUT2D eigenvalue weighted by Crippen LogP contribution is 2.32. The molecule has 5 heteroatoms. The largest absolute Gasteiger partial charge is 0.362 e. The van der Waals surface area contributed by atoms with E-state index in [0.717, 1.165) is 4.88 Å². The lowest BCUT2D eigenvalue weighted by atomic mass is 10.1. The maximum absolute atomic E-state index is 14.2. The summed E-state index contributed by atoms with van der Waals surface area (Å²) in [6.07, 6.45) is 0.471. The zero-order chi connectivity index (χ0) is 14.7. The molecule has 0 fully saturated rings. The van der Waals surface area contributed by atoms with Crippen molar-refractivity contribution in [2.24, 2.45) is 5.73 Å². The fraction of sp³-hybridized carbons (Fsp3) is 0.333. The van der Waals surface area contributed by atoms with Crippen LogP contribution in [0, 0.1) is 11.6 Å². The smallest absolute Gasteiger partial charge is 0.149 e. The molecule has 2 rings (SSSR count). The van der Waals surface area contributed by atoms with Crippen LogP contribution in [0.4, 0.5) is 14.5 Å². The maximum Gasteiger partial charge on any atom is 0.149 e. The summed E-state index contributed by atoms with van der Waals surface area (Å²) in [5, 5.41) is 1.96. The van der Waals surface area contributed by atoms with Gasteiger partial charge in [-0.15, -0.1) is 11.3 Å². The molecule has 0 bridgehead atoms. The van der Waals surface area contributed by atoms with E-state index in [2.05, 4.69) is 0 Å². The number of hydrogen-bond acceptors (Lipinski definition) is 3. The number of nitrogens with two attached hydrogens (primary N) is 1. The van der Waals surface area contributed by atoms with Gasteiger partial charge in [0.15, 0.2) is 0 Å². The summed E-state index contributed by atoms with van der Waals surface area (Å²) in [6.45, 7) is 2.30. The standard InChI is InChI=1S/C15H18F2N2S/c1-10(14-4-3-7-20-14)19(2)15-12(16)8-11(5-6-18)9-13(15)17/h3-4,7-10H,5-6,18H2,1-2H3. The second-order valence-corrected chi connectivity index (χ2v) is 5.73. The van der Waals surface area contributed by atoms with E-state index in [9.17, 15) is 8.78 Å². The number of anilines is 1. The van der Waals surface area contributed by atoms with Gasteiger partial charge < -0.3 is 10.6 Å². The first-order valence-corrected chi connectivity index (χ1v) is 7.36. The van der Waals surface area contributed by atoms with Crippen molar-refractivity contribution in [3.8, 4) is 0 Å². The molecule has 20 heavy (non-hydrogen) atoms. The Balaban J connectivity index is 2.32. The van der Waals surface area contributed by atoms with Crippen LogP contribution in [0.1, 0.15) is 23.4 Å². The topological polar surface area (TPSA) is 29.3 Å². The fourth-order valence-electron chi connectivity index (χ4n) is 2.18. The van der Waals surface area contributed by atoms with Gasteiger partial charge in [0.2, 0.25) is 0 Å². The Kier molecular flexibility index (Phi) is 4.73. The molecule has 1 unspecified atom stereocenters. The van der Waals surface area contributed by atoms with Gasteiger partial charge >= 0.3 is 0 Å². The minimum atomic E-state index is -0.542. The normalized spacial score (nSPS) is 12.4. The van der Waals surface area contributed by atoms with Crippen LogP contribution in [0.15, 0.2) is 29.6 Å². The average molecular weight is 296 g/mol. The predicted octanol–water partition coefficient (Wildman–Crippen LogP) is 3.72. The summed E-state index contributed by atoms with van der Waals surface area (Å²) in [7, 11) is 1.70. The van der Waals surface area contributed by atoms with Crippen molar-refractivity contribution in [3.63, 3.8) is 0 Å². The number of nitrogens with zero attached hydrogens (tertiary/aromatic N) is 1. The molecule has 0 amide bonds. The van der Waals surface area contributed by atoms with E-state index in [1.165, 1.54) is 12.1 Å². The lowest BCUT2D eigenvalue weighted by Gasteiger charge is -2.27. The van der Waals surface area contributed by atoms with Gasteiger partial charge in [-0.25, -0.2) is 8.78 Å². The molecule has 2 nitrogen and oxygen atoms in total. The van der Waals surface area contributed by atoms with Crippen LogP contribution in [-0.4, -0.2) is 13.6 Å². The summed E-state index contributed by atoms with van der Waals surface area (Å²) in [4.78, 5) is 2.69. The minimum absolute atomic E-state index is 0.00618. The van der Waals surface area contributed by atoms with Gasteiger partial charge in [-0.1, -0.05) is 6.07 Å². The molecule has 1 aromatic carbocycles. The summed E-state index contributed by atoms with van der Waals surface area (Å²) >= 11 is 1.57. The Bertz CT molecular complexity index is 546. The van der Waals surface area contributed by atoms with Crippen LogP contribution in [0.5, 0.6) is 0 Å². The van der Waals surface area contributed by atoms with Gasteiger partial charge in [0.05, 0.1) is 6.04 Å². The zero-order valence-electron chi connectivity index (χ0n) is 11.6. The molecule has 1 atom stereocenters. The molecule has 1 aromatic heterocycles. The fourth-order valence-corrected chi connectivity index (χ4v) is 3.01. The van der Waals surface area contributed by atoms with E-state index >= 15 is 0 Å². The molecule has 0 aliphatic carbocycles. The quantitative estimate of drug-likeness (QED) is 0.911. The summed E-state index contributed by atoms with van der Waals surface area (Å²) in [5.41, 5.74) is 6.01. The minimum Gasteiger partial charge on any atom is -0.362 e. The Morgan fingerprint density at radius 3 is 2.45 bits per heavy atom. The Hall–Kier alpha value is -1.46. The highest BCUT2D eigenvalue weighted by molar-refractivity contribution is 7.10. The van der Waals surface area contributed by atoms with Gasteiger partial charge in [0.1, 0.15) is 17.3 Å². The van der Waals surface area contributed by atoms with E-state index in [4.69, 9.17) is 5.73 Å². The maximum atomic E-state index is 14.2. The van der Waals surface area contributed by atoms with Crippen molar-refractivity contribution in [2.75, 3.05) is 18.5 Å². The van der Waals surface area contributed by atoms with Crippen molar-refractivity contribution in [1.29, 1.82) is 0 Å². The number of rotatable bonds is 5. The van der Waals surface area contributed by atoms with Crippen LogP contribution in [-0.2, 0) is 6.42 Å². The third kappa shape index (κ3) is 2.99. The number of halogens is 2. The van der Waals surface area contributed by atoms with Crippen molar-refractivity contribution in [2.45, 2.75) is 19.4 Å². The second kappa shape index (κ2) is 6.33. The monoisotopic (exact) mass is 296 g/mol. The third-order valence-corrected chi connectivity index (χ3v) is 4.44. The van der Waals surface area contributed by atoms with Gasteiger partial charge in [0.25, 0.3) is 0 Å². The van der Waals surface area contributed by atoms with Crippen LogP contribution in [0.2, 0.25) is 0 Å². The predicted molar refractivity (Wildman–Crippen MR) is 80.3 cm³/mol. The molecule has 0 spiro atoms. The number of thiophene rings is 1. The molecule has 2 N–H and O–H groups in total. The van der Waals surface area contributed by atoms with E-state index in [1.807, 2.05) is 24.4 Å².